The molecule has 0 aliphatic carbocycles. The lowest BCUT2D eigenvalue weighted by molar-refractivity contribution is 0.111. The number of aromatic hydroxyl groups is 1. The summed E-state index contributed by atoms with van der Waals surface area (Å²) in [5.74, 6) is -0.235. The van der Waals surface area contributed by atoms with E-state index in [1.807, 2.05) is 0 Å². The van der Waals surface area contributed by atoms with Crippen molar-refractivity contribution in [2.75, 3.05) is 5.73 Å². The Morgan fingerprint density at radius 3 is 2.25 bits per heavy atom. The molecule has 0 saturated carbocycles. The number of carbonyl (C=O) groups is 2. The van der Waals surface area contributed by atoms with Crippen molar-refractivity contribution < 1.29 is 14.7 Å². The number of nitrogens with two attached hydrogens (primary N) is 1. The van der Waals surface area contributed by atoms with Gasteiger partial charge in [-0.05, 0) is 12.1 Å². The fraction of sp³-hybridized carbons (Fsp3) is 0. The van der Waals surface area contributed by atoms with Crippen LogP contribution < -0.4 is 5.73 Å². The summed E-state index contributed by atoms with van der Waals surface area (Å²) in [6.07, 6.45) is 0.990. The van der Waals surface area contributed by atoms with Gasteiger partial charge in [-0.3, -0.25) is 9.59 Å². The Kier molecular flexibility index (Phi) is 2.09. The molecule has 0 fully saturated rings. The molecular weight excluding hydrogens is 158 g/mol. The molecule has 62 valence electrons. The van der Waals surface area contributed by atoms with E-state index in [1.54, 1.807) is 0 Å². The first kappa shape index (κ1) is 8.26. The molecule has 0 aromatic heterocycles. The summed E-state index contributed by atoms with van der Waals surface area (Å²) >= 11 is 0. The van der Waals surface area contributed by atoms with Crippen LogP contribution in [0.5, 0.6) is 5.75 Å². The predicted octanol–water partition coefficient (Wildman–Crippen LogP) is 0.599. The minimum atomic E-state index is -0.235. The Labute approximate surface area is 68.6 Å². The fourth-order valence-electron chi connectivity index (χ4n) is 0.835. The van der Waals surface area contributed by atoms with Crippen LogP contribution >= 0.6 is 0 Å². The van der Waals surface area contributed by atoms with Crippen molar-refractivity contribution in [3.63, 3.8) is 0 Å². The van der Waals surface area contributed by atoms with Gasteiger partial charge in [0.1, 0.15) is 5.75 Å². The van der Waals surface area contributed by atoms with Crippen LogP contribution in [-0.2, 0) is 0 Å². The molecule has 1 aromatic carbocycles. The topological polar surface area (TPSA) is 80.4 Å². The number of hydrogen-bond donors (Lipinski definition) is 2. The van der Waals surface area contributed by atoms with Crippen molar-refractivity contribution in [3.05, 3.63) is 23.3 Å². The highest BCUT2D eigenvalue weighted by atomic mass is 16.3. The zero-order valence-electron chi connectivity index (χ0n) is 6.15. The van der Waals surface area contributed by atoms with Crippen LogP contribution in [0.25, 0.3) is 0 Å². The molecule has 0 amide bonds. The first-order valence-corrected chi connectivity index (χ1v) is 3.22. The largest absolute Gasteiger partial charge is 0.507 e. The molecule has 4 heteroatoms. The fourth-order valence-corrected chi connectivity index (χ4v) is 0.835. The number of hydrogen-bond acceptors (Lipinski definition) is 4. The summed E-state index contributed by atoms with van der Waals surface area (Å²) in [7, 11) is 0. The summed E-state index contributed by atoms with van der Waals surface area (Å²) in [5.41, 5.74) is 5.82. The van der Waals surface area contributed by atoms with E-state index < -0.39 is 0 Å². The monoisotopic (exact) mass is 165 g/mol. The Morgan fingerprint density at radius 1 is 1.17 bits per heavy atom. The lowest BCUT2D eigenvalue weighted by Crippen LogP contribution is -1.94. The number of anilines is 1. The highest BCUT2D eigenvalue weighted by Gasteiger charge is 2.04. The molecule has 1 rings (SSSR count). The number of phenolic OH excluding ortho intramolecular Hbond substituents is 1. The van der Waals surface area contributed by atoms with Crippen molar-refractivity contribution in [1.82, 2.24) is 0 Å². The van der Waals surface area contributed by atoms with Crippen molar-refractivity contribution in [2.24, 2.45) is 0 Å². The van der Waals surface area contributed by atoms with Crippen LogP contribution in [0.15, 0.2) is 12.1 Å². The van der Waals surface area contributed by atoms with E-state index in [0.29, 0.717) is 12.6 Å². The van der Waals surface area contributed by atoms with Gasteiger partial charge in [-0.25, -0.2) is 0 Å². The van der Waals surface area contributed by atoms with E-state index in [2.05, 4.69) is 0 Å². The maximum atomic E-state index is 10.3. The average molecular weight is 165 g/mol. The van der Waals surface area contributed by atoms with E-state index in [9.17, 15) is 9.59 Å². The molecule has 0 unspecified atom stereocenters. The van der Waals surface area contributed by atoms with Gasteiger partial charge in [0.05, 0.1) is 5.56 Å². The zero-order chi connectivity index (χ0) is 9.14. The molecule has 3 N–H and O–H groups in total. The van der Waals surface area contributed by atoms with Crippen molar-refractivity contribution in [2.45, 2.75) is 0 Å². The molecule has 0 spiro atoms. The molecule has 0 heterocycles. The van der Waals surface area contributed by atoms with Gasteiger partial charge < -0.3 is 10.8 Å². The molecule has 12 heavy (non-hydrogen) atoms. The summed E-state index contributed by atoms with van der Waals surface area (Å²) in [5, 5.41) is 9.10. The summed E-state index contributed by atoms with van der Waals surface area (Å²) in [6.45, 7) is 0. The second kappa shape index (κ2) is 3.04. The standard InChI is InChI=1S/C8H7NO3/c9-7-1-6(4-11)8(12)2-5(7)3-10/h1-4,12H,9H2. The van der Waals surface area contributed by atoms with Crippen LogP contribution in [0.2, 0.25) is 0 Å². The predicted molar refractivity (Wildman–Crippen MR) is 43.3 cm³/mol. The Balaban J connectivity index is 3.34. The van der Waals surface area contributed by atoms with E-state index >= 15 is 0 Å². The van der Waals surface area contributed by atoms with Crippen molar-refractivity contribution >= 4 is 18.3 Å². The highest BCUT2D eigenvalue weighted by Crippen LogP contribution is 2.21. The van der Waals surface area contributed by atoms with E-state index in [4.69, 9.17) is 10.8 Å². The van der Waals surface area contributed by atoms with Gasteiger partial charge >= 0.3 is 0 Å². The zero-order valence-corrected chi connectivity index (χ0v) is 6.15. The Bertz CT molecular complexity index is 300. The molecule has 0 radical (unpaired) electrons. The lowest BCUT2D eigenvalue weighted by Gasteiger charge is -2.01. The number of aldehydes is 2. The quantitative estimate of drug-likeness (QED) is 0.382. The Hall–Kier alpha value is -1.84. The first-order valence-electron chi connectivity index (χ1n) is 3.22. The van der Waals surface area contributed by atoms with Gasteiger partial charge in [0.15, 0.2) is 12.6 Å². The number of nitrogen functional groups attached to an aromatic ring is 1. The number of benzene rings is 1. The van der Waals surface area contributed by atoms with Crippen LogP contribution in [0, 0.1) is 0 Å². The number of carbonyl (C=O) groups excluding carboxylic acids is 2. The molecule has 0 bridgehead atoms. The van der Waals surface area contributed by atoms with Crippen LogP contribution in [-0.4, -0.2) is 17.7 Å². The van der Waals surface area contributed by atoms with E-state index in [0.717, 1.165) is 6.07 Å². The maximum absolute atomic E-state index is 10.3. The summed E-state index contributed by atoms with van der Waals surface area (Å²) in [4.78, 5) is 20.6. The van der Waals surface area contributed by atoms with Gasteiger partial charge in [-0.15, -0.1) is 0 Å². The average Bonchev–Trinajstić information content (AvgIpc) is 2.08. The van der Waals surface area contributed by atoms with Gasteiger partial charge in [-0.2, -0.15) is 0 Å². The summed E-state index contributed by atoms with van der Waals surface area (Å²) < 4.78 is 0. The second-order valence-corrected chi connectivity index (χ2v) is 2.28. The third kappa shape index (κ3) is 1.27. The van der Waals surface area contributed by atoms with Crippen LogP contribution in [0.3, 0.4) is 0 Å². The molecule has 0 aliphatic heterocycles. The number of rotatable bonds is 2. The molecular formula is C8H7NO3. The van der Waals surface area contributed by atoms with Crippen LogP contribution in [0.4, 0.5) is 5.69 Å². The SMILES string of the molecule is Nc1cc(C=O)c(O)cc1C=O. The molecule has 0 atom stereocenters. The highest BCUT2D eigenvalue weighted by molar-refractivity contribution is 5.89. The molecule has 0 saturated heterocycles. The normalized spacial score (nSPS) is 9.33. The second-order valence-electron chi connectivity index (χ2n) is 2.28. The van der Waals surface area contributed by atoms with Gasteiger partial charge in [0, 0.05) is 11.3 Å². The lowest BCUT2D eigenvalue weighted by atomic mass is 10.1. The van der Waals surface area contributed by atoms with E-state index in [1.165, 1.54) is 6.07 Å². The first-order chi connectivity index (χ1) is 5.69. The third-order valence-electron chi connectivity index (χ3n) is 1.49. The third-order valence-corrected chi connectivity index (χ3v) is 1.49. The van der Waals surface area contributed by atoms with Crippen LogP contribution in [0.1, 0.15) is 20.7 Å². The minimum Gasteiger partial charge on any atom is -0.507 e. The van der Waals surface area contributed by atoms with Crippen molar-refractivity contribution in [3.8, 4) is 5.75 Å². The van der Waals surface area contributed by atoms with E-state index in [-0.39, 0.29) is 22.6 Å². The molecule has 1 aromatic rings. The smallest absolute Gasteiger partial charge is 0.153 e. The van der Waals surface area contributed by atoms with Gasteiger partial charge in [0.25, 0.3) is 0 Å². The van der Waals surface area contributed by atoms with Crippen molar-refractivity contribution in [1.29, 1.82) is 0 Å². The maximum Gasteiger partial charge on any atom is 0.153 e. The molecule has 4 nitrogen and oxygen atoms in total. The minimum absolute atomic E-state index is 0.0816. The molecule has 0 aliphatic rings. The summed E-state index contributed by atoms with van der Waals surface area (Å²) in [6, 6.07) is 2.41. The number of phenols is 1. The van der Waals surface area contributed by atoms with Gasteiger partial charge in [0.2, 0.25) is 0 Å². The van der Waals surface area contributed by atoms with Gasteiger partial charge in [-0.1, -0.05) is 0 Å². The Morgan fingerprint density at radius 2 is 1.75 bits per heavy atom.